The van der Waals surface area contributed by atoms with Gasteiger partial charge in [-0.05, 0) is 12.1 Å². The molecule has 0 radical (unpaired) electrons. The van der Waals surface area contributed by atoms with Crippen LogP contribution in [0.2, 0.25) is 0 Å². The SMILES string of the molecule is OCN1CC=Cc2cccnc21. The fourth-order valence-electron chi connectivity index (χ4n) is 1.32. The molecule has 0 atom stereocenters. The molecular formula is C9H10N2O. The molecule has 1 aliphatic rings. The topological polar surface area (TPSA) is 36.4 Å². The minimum absolute atomic E-state index is 0.0222. The van der Waals surface area contributed by atoms with Crippen LogP contribution in [0.3, 0.4) is 0 Å². The van der Waals surface area contributed by atoms with Crippen LogP contribution in [-0.4, -0.2) is 23.4 Å². The van der Waals surface area contributed by atoms with E-state index >= 15 is 0 Å². The molecule has 0 saturated carbocycles. The Bertz CT molecular complexity index is 309. The summed E-state index contributed by atoms with van der Waals surface area (Å²) < 4.78 is 0. The van der Waals surface area contributed by atoms with Crippen molar-refractivity contribution in [2.75, 3.05) is 18.2 Å². The van der Waals surface area contributed by atoms with E-state index in [1.54, 1.807) is 6.20 Å². The summed E-state index contributed by atoms with van der Waals surface area (Å²) in [6.07, 6.45) is 5.77. The lowest BCUT2D eigenvalue weighted by atomic mass is 10.2. The molecule has 1 N–H and O–H groups in total. The highest BCUT2D eigenvalue weighted by molar-refractivity contribution is 5.67. The first kappa shape index (κ1) is 7.31. The van der Waals surface area contributed by atoms with Crippen molar-refractivity contribution in [3.8, 4) is 0 Å². The smallest absolute Gasteiger partial charge is 0.137 e. The number of aromatic nitrogens is 1. The van der Waals surface area contributed by atoms with Gasteiger partial charge >= 0.3 is 0 Å². The van der Waals surface area contributed by atoms with Crippen molar-refractivity contribution in [3.63, 3.8) is 0 Å². The maximum atomic E-state index is 8.99. The molecule has 2 heterocycles. The Balaban J connectivity index is 2.45. The Morgan fingerprint density at radius 3 is 3.33 bits per heavy atom. The van der Waals surface area contributed by atoms with Gasteiger partial charge in [0.25, 0.3) is 0 Å². The van der Waals surface area contributed by atoms with Crippen molar-refractivity contribution in [2.45, 2.75) is 0 Å². The molecule has 0 bridgehead atoms. The lowest BCUT2D eigenvalue weighted by Crippen LogP contribution is -2.27. The standard InChI is InChI=1S/C9H10N2O/c12-7-11-6-2-4-8-3-1-5-10-9(8)11/h1-5,12H,6-7H2. The summed E-state index contributed by atoms with van der Waals surface area (Å²) in [4.78, 5) is 6.00. The number of anilines is 1. The molecule has 0 saturated heterocycles. The van der Waals surface area contributed by atoms with Gasteiger partial charge < -0.3 is 10.0 Å². The van der Waals surface area contributed by atoms with Gasteiger partial charge in [-0.25, -0.2) is 4.98 Å². The van der Waals surface area contributed by atoms with E-state index < -0.39 is 0 Å². The maximum absolute atomic E-state index is 8.99. The quantitative estimate of drug-likeness (QED) is 0.665. The number of aliphatic hydroxyl groups excluding tert-OH is 1. The van der Waals surface area contributed by atoms with Gasteiger partial charge in [-0.15, -0.1) is 0 Å². The minimum atomic E-state index is 0.0222. The summed E-state index contributed by atoms with van der Waals surface area (Å²) in [5, 5.41) is 8.99. The summed E-state index contributed by atoms with van der Waals surface area (Å²) in [7, 11) is 0. The van der Waals surface area contributed by atoms with Crippen molar-refractivity contribution in [1.82, 2.24) is 4.98 Å². The molecule has 0 aliphatic carbocycles. The summed E-state index contributed by atoms with van der Waals surface area (Å²) in [6, 6.07) is 3.88. The molecule has 3 nitrogen and oxygen atoms in total. The first-order valence-electron chi connectivity index (χ1n) is 3.89. The molecule has 1 aromatic rings. The number of hydrogen-bond acceptors (Lipinski definition) is 3. The molecule has 3 heteroatoms. The van der Waals surface area contributed by atoms with Crippen LogP contribution in [-0.2, 0) is 0 Å². The zero-order chi connectivity index (χ0) is 8.39. The fraction of sp³-hybridized carbons (Fsp3) is 0.222. The van der Waals surface area contributed by atoms with Gasteiger partial charge in [-0.1, -0.05) is 12.2 Å². The third-order valence-electron chi connectivity index (χ3n) is 1.91. The van der Waals surface area contributed by atoms with E-state index in [-0.39, 0.29) is 6.73 Å². The Labute approximate surface area is 71.0 Å². The first-order chi connectivity index (χ1) is 5.92. The van der Waals surface area contributed by atoms with E-state index in [0.29, 0.717) is 0 Å². The van der Waals surface area contributed by atoms with Crippen molar-refractivity contribution in [2.24, 2.45) is 0 Å². The Hall–Kier alpha value is -1.35. The molecule has 0 spiro atoms. The predicted molar refractivity (Wildman–Crippen MR) is 47.7 cm³/mol. The molecule has 1 aromatic heterocycles. The first-order valence-corrected chi connectivity index (χ1v) is 3.89. The molecule has 2 rings (SSSR count). The number of hydrogen-bond donors (Lipinski definition) is 1. The highest BCUT2D eigenvalue weighted by atomic mass is 16.3. The lowest BCUT2D eigenvalue weighted by Gasteiger charge is -2.23. The van der Waals surface area contributed by atoms with Crippen LogP contribution in [0.15, 0.2) is 24.4 Å². The van der Waals surface area contributed by atoms with Crippen LogP contribution in [0.25, 0.3) is 6.08 Å². The van der Waals surface area contributed by atoms with E-state index in [2.05, 4.69) is 4.98 Å². The molecule has 62 valence electrons. The molecule has 12 heavy (non-hydrogen) atoms. The Kier molecular flexibility index (Phi) is 1.80. The Morgan fingerprint density at radius 2 is 2.50 bits per heavy atom. The summed E-state index contributed by atoms with van der Waals surface area (Å²) in [6.45, 7) is 0.759. The summed E-state index contributed by atoms with van der Waals surface area (Å²) >= 11 is 0. The normalized spacial score (nSPS) is 14.6. The van der Waals surface area contributed by atoms with Crippen LogP contribution >= 0.6 is 0 Å². The molecule has 0 unspecified atom stereocenters. The Morgan fingerprint density at radius 1 is 1.58 bits per heavy atom. The van der Waals surface area contributed by atoms with E-state index in [4.69, 9.17) is 5.11 Å². The van der Waals surface area contributed by atoms with Gasteiger partial charge in [0.1, 0.15) is 12.5 Å². The number of fused-ring (bicyclic) bond motifs is 1. The third-order valence-corrected chi connectivity index (χ3v) is 1.91. The van der Waals surface area contributed by atoms with Gasteiger partial charge in [-0.3, -0.25) is 0 Å². The van der Waals surface area contributed by atoms with Crippen molar-refractivity contribution < 1.29 is 5.11 Å². The maximum Gasteiger partial charge on any atom is 0.137 e. The van der Waals surface area contributed by atoms with Gasteiger partial charge in [0.2, 0.25) is 0 Å². The van der Waals surface area contributed by atoms with Crippen molar-refractivity contribution in [3.05, 3.63) is 30.0 Å². The molecule has 1 aliphatic heterocycles. The summed E-state index contributed by atoms with van der Waals surface area (Å²) in [5.41, 5.74) is 1.07. The van der Waals surface area contributed by atoms with E-state index in [0.717, 1.165) is 17.9 Å². The van der Waals surface area contributed by atoms with Crippen LogP contribution in [0.5, 0.6) is 0 Å². The van der Waals surface area contributed by atoms with Gasteiger partial charge in [-0.2, -0.15) is 0 Å². The van der Waals surface area contributed by atoms with Crippen LogP contribution in [0.4, 0.5) is 5.82 Å². The number of pyridine rings is 1. The van der Waals surface area contributed by atoms with Crippen molar-refractivity contribution >= 4 is 11.9 Å². The van der Waals surface area contributed by atoms with Gasteiger partial charge in [0, 0.05) is 18.3 Å². The second kappa shape index (κ2) is 2.95. The molecule has 0 amide bonds. The average molecular weight is 162 g/mol. The van der Waals surface area contributed by atoms with Crippen molar-refractivity contribution in [1.29, 1.82) is 0 Å². The third kappa shape index (κ3) is 1.08. The lowest BCUT2D eigenvalue weighted by molar-refractivity contribution is 0.293. The van der Waals surface area contributed by atoms with E-state index in [1.165, 1.54) is 0 Å². The van der Waals surface area contributed by atoms with E-state index in [1.807, 2.05) is 29.2 Å². The zero-order valence-electron chi connectivity index (χ0n) is 6.64. The van der Waals surface area contributed by atoms with Crippen LogP contribution in [0, 0.1) is 0 Å². The zero-order valence-corrected chi connectivity index (χ0v) is 6.64. The molecule has 0 fully saturated rings. The van der Waals surface area contributed by atoms with Gasteiger partial charge in [0.05, 0.1) is 0 Å². The highest BCUT2D eigenvalue weighted by Crippen LogP contribution is 2.21. The van der Waals surface area contributed by atoms with Crippen LogP contribution < -0.4 is 4.90 Å². The summed E-state index contributed by atoms with van der Waals surface area (Å²) in [5.74, 6) is 0.863. The van der Waals surface area contributed by atoms with Gasteiger partial charge in [0.15, 0.2) is 0 Å². The number of rotatable bonds is 1. The molecular weight excluding hydrogens is 152 g/mol. The monoisotopic (exact) mass is 162 g/mol. The second-order valence-corrected chi connectivity index (χ2v) is 2.68. The fourth-order valence-corrected chi connectivity index (χ4v) is 1.32. The van der Waals surface area contributed by atoms with Crippen LogP contribution in [0.1, 0.15) is 5.56 Å². The number of nitrogens with zero attached hydrogens (tertiary/aromatic N) is 2. The number of aliphatic hydroxyl groups is 1. The highest BCUT2D eigenvalue weighted by Gasteiger charge is 2.11. The minimum Gasteiger partial charge on any atom is -0.376 e. The second-order valence-electron chi connectivity index (χ2n) is 2.68. The predicted octanol–water partition coefficient (Wildman–Crippen LogP) is 0.865. The largest absolute Gasteiger partial charge is 0.376 e. The van der Waals surface area contributed by atoms with E-state index in [9.17, 15) is 0 Å². The average Bonchev–Trinajstić information content (AvgIpc) is 2.17. The molecule has 0 aromatic carbocycles.